The summed E-state index contributed by atoms with van der Waals surface area (Å²) in [5.74, 6) is 1.38. The van der Waals surface area contributed by atoms with Crippen molar-refractivity contribution in [3.05, 3.63) is 58.6 Å². The Morgan fingerprint density at radius 1 is 1.03 bits per heavy atom. The van der Waals surface area contributed by atoms with Crippen LogP contribution in [0.3, 0.4) is 0 Å². The van der Waals surface area contributed by atoms with Crippen LogP contribution >= 0.6 is 11.6 Å². The van der Waals surface area contributed by atoms with Crippen LogP contribution in [0.4, 0.5) is 5.69 Å². The Morgan fingerprint density at radius 3 is 2.39 bits per heavy atom. The van der Waals surface area contributed by atoms with Gasteiger partial charge in [-0.1, -0.05) is 43.1 Å². The highest BCUT2D eigenvalue weighted by Gasteiger charge is 2.59. The van der Waals surface area contributed by atoms with Gasteiger partial charge in [0.05, 0.1) is 0 Å². The van der Waals surface area contributed by atoms with Crippen molar-refractivity contribution in [2.75, 3.05) is 11.9 Å². The van der Waals surface area contributed by atoms with Gasteiger partial charge in [0.25, 0.3) is 5.91 Å². The van der Waals surface area contributed by atoms with Crippen LogP contribution in [-0.4, -0.2) is 18.1 Å². The first kappa shape index (κ1) is 22.7. The van der Waals surface area contributed by atoms with Crippen molar-refractivity contribution < 1.29 is 9.53 Å². The average Bonchev–Trinajstić information content (AvgIpc) is 2.71. The maximum atomic E-state index is 12.4. The fraction of sp³-hybridized carbons (Fsp3) is 0.536. The normalized spacial score (nSPS) is 32.1. The first-order chi connectivity index (χ1) is 15.6. The number of carbonyl (C=O) groups is 1. The quantitative estimate of drug-likeness (QED) is 0.489. The molecular formula is C28H35ClN2O2. The van der Waals surface area contributed by atoms with Gasteiger partial charge in [-0.2, -0.15) is 0 Å². The van der Waals surface area contributed by atoms with Crippen LogP contribution in [0.5, 0.6) is 5.75 Å². The number of hydrogen-bond donors (Lipinski definition) is 2. The number of benzene rings is 2. The van der Waals surface area contributed by atoms with E-state index in [4.69, 9.17) is 16.3 Å². The lowest BCUT2D eigenvalue weighted by Gasteiger charge is -2.65. The predicted molar refractivity (Wildman–Crippen MR) is 134 cm³/mol. The lowest BCUT2D eigenvalue weighted by molar-refractivity contribution is -0.119. The first-order valence-corrected chi connectivity index (χ1v) is 12.5. The van der Waals surface area contributed by atoms with Crippen LogP contribution in [0, 0.1) is 23.7 Å². The number of aryl methyl sites for hydroxylation is 1. The number of nitrogens with one attached hydrogen (secondary N) is 2. The summed E-state index contributed by atoms with van der Waals surface area (Å²) in [5.41, 5.74) is 4.06. The number of hydrogen-bond acceptors (Lipinski definition) is 3. The van der Waals surface area contributed by atoms with Crippen LogP contribution in [-0.2, 0) is 11.3 Å². The summed E-state index contributed by atoms with van der Waals surface area (Å²) in [6.07, 6.45) is 7.90. The summed E-state index contributed by atoms with van der Waals surface area (Å²) in [6, 6.07) is 13.4. The molecule has 5 heteroatoms. The van der Waals surface area contributed by atoms with E-state index >= 15 is 0 Å². The molecule has 0 heterocycles. The minimum Gasteiger partial charge on any atom is -0.483 e. The zero-order valence-corrected chi connectivity index (χ0v) is 20.7. The molecule has 6 rings (SSSR count). The number of rotatable bonds is 7. The van der Waals surface area contributed by atoms with Gasteiger partial charge < -0.3 is 15.4 Å². The Morgan fingerprint density at radius 2 is 1.73 bits per heavy atom. The Labute approximate surface area is 202 Å². The second kappa shape index (κ2) is 8.32. The zero-order chi connectivity index (χ0) is 23.3. The van der Waals surface area contributed by atoms with Crippen LogP contribution in [0.2, 0.25) is 5.02 Å². The zero-order valence-electron chi connectivity index (χ0n) is 20.0. The first-order valence-electron chi connectivity index (χ1n) is 12.2. The van der Waals surface area contributed by atoms with E-state index < -0.39 is 0 Å². The smallest absolute Gasteiger partial charge is 0.262 e. The standard InChI is InChI=1S/C28H35ClN2O2/c1-19-4-7-23(8-5-19)31-25(32)15-33-24-9-6-22(29)10-21(24)14-30-28-13-20-11-26(2,17-28)16-27(3,12-20)18-28/h4-10,20,30H,11-18H2,1-3H3,(H,31,32). The van der Waals surface area contributed by atoms with Gasteiger partial charge in [-0.3, -0.25) is 4.79 Å². The molecule has 4 aliphatic rings. The second-order valence-electron chi connectivity index (χ2n) is 11.7. The number of halogens is 1. The second-order valence-corrected chi connectivity index (χ2v) is 12.2. The third kappa shape index (κ3) is 4.93. The maximum absolute atomic E-state index is 12.4. The Kier molecular flexibility index (Phi) is 5.73. The third-order valence-electron chi connectivity index (χ3n) is 8.00. The summed E-state index contributed by atoms with van der Waals surface area (Å²) in [5, 5.41) is 7.54. The largest absolute Gasteiger partial charge is 0.483 e. The molecule has 2 aromatic carbocycles. The number of carbonyl (C=O) groups excluding carboxylic acids is 1. The monoisotopic (exact) mass is 466 g/mol. The molecule has 2 N–H and O–H groups in total. The Hall–Kier alpha value is -2.04. The van der Waals surface area contributed by atoms with Gasteiger partial charge in [0, 0.05) is 28.4 Å². The van der Waals surface area contributed by atoms with Gasteiger partial charge in [0.1, 0.15) is 5.75 Å². The van der Waals surface area contributed by atoms with E-state index in [1.165, 1.54) is 38.5 Å². The molecule has 4 aliphatic carbocycles. The van der Waals surface area contributed by atoms with Gasteiger partial charge in [-0.05, 0) is 92.5 Å². The molecule has 0 saturated heterocycles. The fourth-order valence-electron chi connectivity index (χ4n) is 7.73. The van der Waals surface area contributed by atoms with Crippen molar-refractivity contribution in [1.82, 2.24) is 5.32 Å². The van der Waals surface area contributed by atoms with Crippen LogP contribution in [0.15, 0.2) is 42.5 Å². The van der Waals surface area contributed by atoms with Crippen molar-refractivity contribution in [3.63, 3.8) is 0 Å². The minimum absolute atomic E-state index is 0.0358. The van der Waals surface area contributed by atoms with Gasteiger partial charge in [0.15, 0.2) is 6.61 Å². The van der Waals surface area contributed by atoms with Gasteiger partial charge in [-0.15, -0.1) is 0 Å². The minimum atomic E-state index is -0.172. The topological polar surface area (TPSA) is 50.4 Å². The van der Waals surface area contributed by atoms with Crippen molar-refractivity contribution in [3.8, 4) is 5.75 Å². The molecule has 176 valence electrons. The lowest BCUT2D eigenvalue weighted by Crippen LogP contribution is -2.63. The molecule has 2 atom stereocenters. The molecule has 0 radical (unpaired) electrons. The van der Waals surface area contributed by atoms with E-state index in [1.807, 2.05) is 49.4 Å². The molecule has 0 spiro atoms. The molecule has 2 unspecified atom stereocenters. The molecule has 33 heavy (non-hydrogen) atoms. The molecule has 4 fully saturated rings. The van der Waals surface area contributed by atoms with Crippen LogP contribution in [0.1, 0.15) is 63.5 Å². The molecule has 4 saturated carbocycles. The molecule has 0 aliphatic heterocycles. The fourth-order valence-corrected chi connectivity index (χ4v) is 7.93. The summed E-state index contributed by atoms with van der Waals surface area (Å²) >= 11 is 6.34. The highest BCUT2D eigenvalue weighted by Crippen LogP contribution is 2.66. The summed E-state index contributed by atoms with van der Waals surface area (Å²) in [7, 11) is 0. The van der Waals surface area contributed by atoms with Crippen molar-refractivity contribution in [2.24, 2.45) is 16.7 Å². The average molecular weight is 467 g/mol. The van der Waals surface area contributed by atoms with Crippen molar-refractivity contribution in [2.45, 2.75) is 71.4 Å². The van der Waals surface area contributed by atoms with Crippen molar-refractivity contribution >= 4 is 23.2 Å². The van der Waals surface area contributed by atoms with E-state index in [0.717, 1.165) is 22.7 Å². The Balaban J connectivity index is 1.24. The van der Waals surface area contributed by atoms with Gasteiger partial charge in [-0.25, -0.2) is 0 Å². The maximum Gasteiger partial charge on any atom is 0.262 e. The summed E-state index contributed by atoms with van der Waals surface area (Å²) in [4.78, 5) is 12.4. The van der Waals surface area contributed by atoms with E-state index in [9.17, 15) is 4.79 Å². The molecular weight excluding hydrogens is 432 g/mol. The molecule has 0 aromatic heterocycles. The van der Waals surface area contributed by atoms with Crippen LogP contribution < -0.4 is 15.4 Å². The van der Waals surface area contributed by atoms with E-state index in [0.29, 0.717) is 28.1 Å². The lowest BCUT2D eigenvalue weighted by atomic mass is 9.43. The van der Waals surface area contributed by atoms with E-state index in [-0.39, 0.29) is 18.1 Å². The number of ether oxygens (including phenoxy) is 1. The number of amides is 1. The molecule has 1 amide bonds. The number of anilines is 1. The van der Waals surface area contributed by atoms with E-state index in [1.54, 1.807) is 0 Å². The molecule has 4 bridgehead atoms. The van der Waals surface area contributed by atoms with Gasteiger partial charge in [0.2, 0.25) is 0 Å². The highest BCUT2D eigenvalue weighted by molar-refractivity contribution is 6.30. The van der Waals surface area contributed by atoms with Gasteiger partial charge >= 0.3 is 0 Å². The molecule has 4 nitrogen and oxygen atoms in total. The summed E-state index contributed by atoms with van der Waals surface area (Å²) < 4.78 is 5.95. The third-order valence-corrected chi connectivity index (χ3v) is 8.23. The summed E-state index contributed by atoms with van der Waals surface area (Å²) in [6.45, 7) is 7.68. The van der Waals surface area contributed by atoms with Crippen LogP contribution in [0.25, 0.3) is 0 Å². The Bertz CT molecular complexity index is 1030. The van der Waals surface area contributed by atoms with Crippen molar-refractivity contribution in [1.29, 1.82) is 0 Å². The molecule has 2 aromatic rings. The highest BCUT2D eigenvalue weighted by atomic mass is 35.5. The SMILES string of the molecule is Cc1ccc(NC(=O)COc2ccc(Cl)cc2CNC23CC4CC(C)(CC(C)(C4)C2)C3)cc1. The van der Waals surface area contributed by atoms with E-state index in [2.05, 4.69) is 24.5 Å². The predicted octanol–water partition coefficient (Wildman–Crippen LogP) is 6.50.